The van der Waals surface area contributed by atoms with E-state index >= 15 is 0 Å². The molecular weight excluding hydrogens is 258 g/mol. The molecule has 88 valence electrons. The van der Waals surface area contributed by atoms with Gasteiger partial charge >= 0.3 is 0 Å². The third-order valence-electron chi connectivity index (χ3n) is 2.74. The molecule has 1 aromatic rings. The Bertz CT molecular complexity index is 345. The summed E-state index contributed by atoms with van der Waals surface area (Å²) in [6, 6.07) is 0. The molecule has 1 unspecified atom stereocenters. The van der Waals surface area contributed by atoms with Crippen molar-refractivity contribution in [2.24, 2.45) is 0 Å². The van der Waals surface area contributed by atoms with Crippen LogP contribution in [0.2, 0.25) is 0 Å². The van der Waals surface area contributed by atoms with Gasteiger partial charge < -0.3 is 5.32 Å². The lowest BCUT2D eigenvalue weighted by atomic mass is 10.4. The van der Waals surface area contributed by atoms with E-state index in [1.165, 1.54) is 35.1 Å². The van der Waals surface area contributed by atoms with Gasteiger partial charge in [-0.05, 0) is 24.4 Å². The van der Waals surface area contributed by atoms with Gasteiger partial charge in [0.05, 0.1) is 0 Å². The van der Waals surface area contributed by atoms with Crippen LogP contribution in [0.5, 0.6) is 0 Å². The SMILES string of the molecule is C1CSC(CNc2nsc(C3CC3)n2)CS1. The predicted octanol–water partition coefficient (Wildman–Crippen LogP) is 2.68. The fourth-order valence-electron chi connectivity index (χ4n) is 1.66. The van der Waals surface area contributed by atoms with E-state index in [2.05, 4.69) is 38.2 Å². The minimum absolute atomic E-state index is 0.728. The molecule has 3 nitrogen and oxygen atoms in total. The van der Waals surface area contributed by atoms with Gasteiger partial charge in [0, 0.05) is 35.0 Å². The summed E-state index contributed by atoms with van der Waals surface area (Å²) < 4.78 is 4.37. The van der Waals surface area contributed by atoms with Crippen LogP contribution in [-0.4, -0.2) is 38.4 Å². The molecule has 0 aromatic carbocycles. The smallest absolute Gasteiger partial charge is 0.234 e. The van der Waals surface area contributed by atoms with Gasteiger partial charge in [0.1, 0.15) is 5.01 Å². The summed E-state index contributed by atoms with van der Waals surface area (Å²) in [6.07, 6.45) is 2.62. The Morgan fingerprint density at radius 3 is 3.00 bits per heavy atom. The Balaban J connectivity index is 1.49. The summed E-state index contributed by atoms with van der Waals surface area (Å²) in [4.78, 5) is 4.54. The van der Waals surface area contributed by atoms with Crippen molar-refractivity contribution in [3.05, 3.63) is 5.01 Å². The molecule has 2 fully saturated rings. The van der Waals surface area contributed by atoms with Crippen LogP contribution in [0.15, 0.2) is 0 Å². The summed E-state index contributed by atoms with van der Waals surface area (Å²) >= 11 is 5.70. The van der Waals surface area contributed by atoms with Crippen LogP contribution < -0.4 is 5.32 Å². The standard InChI is InChI=1S/C10H15N3S3/c1-2-7(1)9-12-10(13-16-9)11-5-8-6-14-3-4-15-8/h7-8H,1-6H2,(H,11,13). The third kappa shape index (κ3) is 2.84. The molecule has 2 aliphatic rings. The summed E-state index contributed by atoms with van der Waals surface area (Å²) in [5.41, 5.74) is 0. The largest absolute Gasteiger partial charge is 0.352 e. The highest BCUT2D eigenvalue weighted by Crippen LogP contribution is 2.41. The van der Waals surface area contributed by atoms with E-state index in [1.807, 2.05) is 0 Å². The van der Waals surface area contributed by atoms with Crippen LogP contribution in [0.4, 0.5) is 5.95 Å². The van der Waals surface area contributed by atoms with Crippen LogP contribution in [-0.2, 0) is 0 Å². The van der Waals surface area contributed by atoms with Crippen molar-refractivity contribution < 1.29 is 0 Å². The van der Waals surface area contributed by atoms with Gasteiger partial charge in [-0.2, -0.15) is 27.9 Å². The van der Waals surface area contributed by atoms with E-state index in [4.69, 9.17) is 0 Å². The van der Waals surface area contributed by atoms with Crippen molar-refractivity contribution in [3.63, 3.8) is 0 Å². The lowest BCUT2D eigenvalue weighted by Gasteiger charge is -2.20. The maximum atomic E-state index is 4.54. The highest BCUT2D eigenvalue weighted by atomic mass is 32.2. The van der Waals surface area contributed by atoms with Gasteiger partial charge in [-0.15, -0.1) is 0 Å². The van der Waals surface area contributed by atoms with Gasteiger partial charge in [-0.1, -0.05) is 0 Å². The Labute approximate surface area is 108 Å². The first-order chi connectivity index (χ1) is 7.92. The van der Waals surface area contributed by atoms with E-state index in [9.17, 15) is 0 Å². The second-order valence-electron chi connectivity index (χ2n) is 4.18. The number of nitrogens with one attached hydrogen (secondary N) is 1. The summed E-state index contributed by atoms with van der Waals surface area (Å²) in [5.74, 6) is 5.43. The van der Waals surface area contributed by atoms with E-state index in [1.54, 1.807) is 11.5 Å². The second-order valence-corrected chi connectivity index (χ2v) is 7.52. The molecule has 1 N–H and O–H groups in total. The number of rotatable bonds is 4. The van der Waals surface area contributed by atoms with E-state index in [0.29, 0.717) is 0 Å². The quantitative estimate of drug-likeness (QED) is 0.913. The molecule has 16 heavy (non-hydrogen) atoms. The Hall–Kier alpha value is 0.0600. The topological polar surface area (TPSA) is 37.8 Å². The van der Waals surface area contributed by atoms with Crippen molar-refractivity contribution in [1.29, 1.82) is 0 Å². The Morgan fingerprint density at radius 1 is 1.31 bits per heavy atom. The fraction of sp³-hybridized carbons (Fsp3) is 0.800. The monoisotopic (exact) mass is 273 g/mol. The van der Waals surface area contributed by atoms with Crippen molar-refractivity contribution in [2.45, 2.75) is 24.0 Å². The molecule has 1 saturated carbocycles. The van der Waals surface area contributed by atoms with Gasteiger partial charge in [-0.3, -0.25) is 0 Å². The highest BCUT2D eigenvalue weighted by Gasteiger charge is 2.27. The van der Waals surface area contributed by atoms with Crippen molar-refractivity contribution in [1.82, 2.24) is 9.36 Å². The number of hydrogen-bond acceptors (Lipinski definition) is 6. The van der Waals surface area contributed by atoms with Crippen molar-refractivity contribution in [2.75, 3.05) is 29.1 Å². The van der Waals surface area contributed by atoms with Crippen LogP contribution in [0.25, 0.3) is 0 Å². The molecule has 1 atom stereocenters. The van der Waals surface area contributed by atoms with Crippen LogP contribution in [0.3, 0.4) is 0 Å². The predicted molar refractivity (Wildman–Crippen MR) is 73.9 cm³/mol. The Morgan fingerprint density at radius 2 is 2.25 bits per heavy atom. The third-order valence-corrected chi connectivity index (χ3v) is 6.46. The molecule has 0 radical (unpaired) electrons. The zero-order valence-electron chi connectivity index (χ0n) is 9.02. The first-order valence-electron chi connectivity index (χ1n) is 5.68. The maximum Gasteiger partial charge on any atom is 0.234 e. The minimum Gasteiger partial charge on any atom is -0.352 e. The van der Waals surface area contributed by atoms with Gasteiger partial charge in [0.2, 0.25) is 5.95 Å². The Kier molecular flexibility index (Phi) is 3.59. The number of nitrogens with zero attached hydrogens (tertiary/aromatic N) is 2. The summed E-state index contributed by atoms with van der Waals surface area (Å²) in [6.45, 7) is 1.01. The molecule has 1 aliphatic carbocycles. The van der Waals surface area contributed by atoms with E-state index in [0.717, 1.165) is 23.7 Å². The number of anilines is 1. The second kappa shape index (κ2) is 5.14. The molecule has 1 aliphatic heterocycles. The fourth-order valence-corrected chi connectivity index (χ4v) is 5.07. The minimum atomic E-state index is 0.728. The first kappa shape index (κ1) is 11.2. The summed E-state index contributed by atoms with van der Waals surface area (Å²) in [5, 5.41) is 5.33. The van der Waals surface area contributed by atoms with Crippen LogP contribution >= 0.6 is 35.1 Å². The van der Waals surface area contributed by atoms with Crippen molar-refractivity contribution in [3.8, 4) is 0 Å². The molecule has 3 rings (SSSR count). The van der Waals surface area contributed by atoms with Gasteiger partial charge in [0.15, 0.2) is 0 Å². The van der Waals surface area contributed by atoms with E-state index in [-0.39, 0.29) is 0 Å². The average molecular weight is 273 g/mol. The molecule has 0 bridgehead atoms. The highest BCUT2D eigenvalue weighted by molar-refractivity contribution is 8.06. The van der Waals surface area contributed by atoms with E-state index < -0.39 is 0 Å². The van der Waals surface area contributed by atoms with Crippen LogP contribution in [0, 0.1) is 0 Å². The number of aromatic nitrogens is 2. The summed E-state index contributed by atoms with van der Waals surface area (Å²) in [7, 11) is 0. The van der Waals surface area contributed by atoms with Gasteiger partial charge in [0.25, 0.3) is 0 Å². The zero-order chi connectivity index (χ0) is 10.8. The lowest BCUT2D eigenvalue weighted by molar-refractivity contribution is 0.977. The number of thioether (sulfide) groups is 2. The van der Waals surface area contributed by atoms with Crippen LogP contribution in [0.1, 0.15) is 23.8 Å². The number of hydrogen-bond donors (Lipinski definition) is 1. The normalized spacial score (nSPS) is 25.6. The molecule has 1 aromatic heterocycles. The molecule has 0 amide bonds. The lowest BCUT2D eigenvalue weighted by Crippen LogP contribution is -2.23. The van der Waals surface area contributed by atoms with Gasteiger partial charge in [-0.25, -0.2) is 4.98 Å². The molecule has 0 spiro atoms. The molecular formula is C10H15N3S3. The molecule has 2 heterocycles. The first-order valence-corrected chi connectivity index (χ1v) is 8.66. The zero-order valence-corrected chi connectivity index (χ0v) is 11.5. The molecule has 6 heteroatoms. The molecule has 1 saturated heterocycles. The van der Waals surface area contributed by atoms with Crippen molar-refractivity contribution >= 4 is 41.0 Å². The average Bonchev–Trinajstić information content (AvgIpc) is 3.08. The maximum absolute atomic E-state index is 4.54.